The van der Waals surface area contributed by atoms with Crippen LogP contribution in [0, 0.1) is 11.3 Å². The number of allylic oxidation sites excluding steroid dienone is 2. The maximum absolute atomic E-state index is 14.4. The molecule has 0 N–H and O–H groups in total. The van der Waals surface area contributed by atoms with Gasteiger partial charge in [0.05, 0.1) is 12.0 Å². The molecule has 0 aliphatic carbocycles. The van der Waals surface area contributed by atoms with E-state index in [0.717, 1.165) is 25.7 Å². The third-order valence-corrected chi connectivity index (χ3v) is 11.1. The Labute approximate surface area is 304 Å². The van der Waals surface area contributed by atoms with Crippen molar-refractivity contribution >= 4 is 5.97 Å². The van der Waals surface area contributed by atoms with Gasteiger partial charge in [0.25, 0.3) is 0 Å². The van der Waals surface area contributed by atoms with Crippen LogP contribution in [0.25, 0.3) is 0 Å². The molecule has 0 aliphatic heterocycles. The van der Waals surface area contributed by atoms with Gasteiger partial charge in [-0.05, 0) is 63.7 Å². The first-order valence-corrected chi connectivity index (χ1v) is 22.4. The minimum atomic E-state index is -0.274. The Kier molecular flexibility index (Phi) is 36.8. The summed E-state index contributed by atoms with van der Waals surface area (Å²) in [4.78, 5) is 14.4. The molecule has 0 radical (unpaired) electrons. The number of unbranched alkanes of at least 4 members (excludes halogenated alkanes) is 25. The third kappa shape index (κ3) is 27.0. The number of ether oxygens (including phenoxy) is 1. The smallest absolute Gasteiger partial charge is 0.312 e. The van der Waals surface area contributed by atoms with Gasteiger partial charge in [0, 0.05) is 0 Å². The quantitative estimate of drug-likeness (QED) is 0.0368. The first-order chi connectivity index (χ1) is 23.6. The molecule has 0 aromatic rings. The summed E-state index contributed by atoms with van der Waals surface area (Å²) >= 11 is 0. The zero-order valence-corrected chi connectivity index (χ0v) is 34.0. The molecule has 48 heavy (non-hydrogen) atoms. The lowest BCUT2D eigenvalue weighted by atomic mass is 9.65. The first kappa shape index (κ1) is 47.2. The molecule has 0 fully saturated rings. The molecule has 0 amide bonds. The Balaban J connectivity index is 5.58. The lowest BCUT2D eigenvalue weighted by Gasteiger charge is -2.40. The van der Waals surface area contributed by atoms with Gasteiger partial charge in [-0.3, -0.25) is 4.79 Å². The highest BCUT2D eigenvalue weighted by Gasteiger charge is 2.45. The standard InChI is InChI=1S/C46H90O2/c1-6-11-16-20-24-25-26-27-28-29-30-32-36-40-44(39-35-31-21-17-12-7-2)46(45(47)48-43-15-10-5,41-37-33-22-18-13-8-3)42-38-34-23-19-14-9-4/h27-28,44H,6-26,29-43H2,1-5H3/b28-27-. The van der Waals surface area contributed by atoms with Gasteiger partial charge in [-0.25, -0.2) is 0 Å². The van der Waals surface area contributed by atoms with E-state index in [-0.39, 0.29) is 11.4 Å². The number of hydrogen-bond acceptors (Lipinski definition) is 2. The van der Waals surface area contributed by atoms with Crippen molar-refractivity contribution in [3.05, 3.63) is 12.2 Å². The fourth-order valence-electron chi connectivity index (χ4n) is 7.77. The molecule has 0 aromatic carbocycles. The molecule has 0 spiro atoms. The van der Waals surface area contributed by atoms with Crippen LogP contribution in [0.4, 0.5) is 0 Å². The SMILES string of the molecule is CCCCCCCC/C=C\CCCCCC(CCCCCCCC)C(CCCCCCCC)(CCCCCCCC)C(=O)OCCCC. The second-order valence-corrected chi connectivity index (χ2v) is 15.6. The maximum atomic E-state index is 14.4. The zero-order chi connectivity index (χ0) is 35.2. The van der Waals surface area contributed by atoms with E-state index in [1.165, 1.54) is 199 Å². The van der Waals surface area contributed by atoms with E-state index >= 15 is 0 Å². The summed E-state index contributed by atoms with van der Waals surface area (Å²) in [6, 6.07) is 0. The fourth-order valence-corrected chi connectivity index (χ4v) is 7.77. The van der Waals surface area contributed by atoms with Gasteiger partial charge in [0.15, 0.2) is 0 Å². The molecule has 0 saturated heterocycles. The van der Waals surface area contributed by atoms with E-state index in [1.807, 2.05) is 0 Å². The summed E-state index contributed by atoms with van der Waals surface area (Å²) in [5, 5.41) is 0. The van der Waals surface area contributed by atoms with Gasteiger partial charge in [0.1, 0.15) is 0 Å². The van der Waals surface area contributed by atoms with Gasteiger partial charge in [-0.15, -0.1) is 0 Å². The van der Waals surface area contributed by atoms with Crippen molar-refractivity contribution in [1.29, 1.82) is 0 Å². The molecule has 2 nitrogen and oxygen atoms in total. The Morgan fingerprint density at radius 3 is 1.19 bits per heavy atom. The summed E-state index contributed by atoms with van der Waals surface area (Å²) in [5.74, 6) is 0.666. The summed E-state index contributed by atoms with van der Waals surface area (Å²) in [7, 11) is 0. The van der Waals surface area contributed by atoms with Crippen LogP contribution in [0.15, 0.2) is 12.2 Å². The number of hydrogen-bond donors (Lipinski definition) is 0. The van der Waals surface area contributed by atoms with Crippen molar-refractivity contribution in [3.63, 3.8) is 0 Å². The Morgan fingerprint density at radius 1 is 0.438 bits per heavy atom. The topological polar surface area (TPSA) is 26.3 Å². The molecule has 2 heteroatoms. The van der Waals surface area contributed by atoms with Crippen molar-refractivity contribution in [2.75, 3.05) is 6.61 Å². The van der Waals surface area contributed by atoms with Crippen LogP contribution in [-0.2, 0) is 9.53 Å². The summed E-state index contributed by atoms with van der Waals surface area (Å²) in [6.07, 6.45) is 49.7. The number of esters is 1. The van der Waals surface area contributed by atoms with Crippen LogP contribution < -0.4 is 0 Å². The van der Waals surface area contributed by atoms with Crippen LogP contribution in [-0.4, -0.2) is 12.6 Å². The molecule has 0 aromatic heterocycles. The normalized spacial score (nSPS) is 12.7. The van der Waals surface area contributed by atoms with Gasteiger partial charge in [-0.2, -0.15) is 0 Å². The Hall–Kier alpha value is -0.790. The molecule has 0 aliphatic rings. The molecular weight excluding hydrogens is 585 g/mol. The number of rotatable bonds is 39. The number of carbonyl (C=O) groups excluding carboxylic acids is 1. The highest BCUT2D eigenvalue weighted by atomic mass is 16.5. The largest absolute Gasteiger partial charge is 0.465 e. The van der Waals surface area contributed by atoms with Gasteiger partial charge in [-0.1, -0.05) is 214 Å². The fraction of sp³-hybridized carbons (Fsp3) is 0.935. The maximum Gasteiger partial charge on any atom is 0.312 e. The first-order valence-electron chi connectivity index (χ1n) is 22.4. The Morgan fingerprint density at radius 2 is 0.771 bits per heavy atom. The average molecular weight is 675 g/mol. The van der Waals surface area contributed by atoms with Crippen molar-refractivity contribution in [1.82, 2.24) is 0 Å². The average Bonchev–Trinajstić information content (AvgIpc) is 3.09. The van der Waals surface area contributed by atoms with E-state index in [1.54, 1.807) is 0 Å². The minimum absolute atomic E-state index is 0.187. The van der Waals surface area contributed by atoms with E-state index in [2.05, 4.69) is 46.8 Å². The molecule has 1 atom stereocenters. The van der Waals surface area contributed by atoms with E-state index in [9.17, 15) is 4.79 Å². The van der Waals surface area contributed by atoms with Crippen LogP contribution in [0.5, 0.6) is 0 Å². The summed E-state index contributed by atoms with van der Waals surface area (Å²) < 4.78 is 6.25. The van der Waals surface area contributed by atoms with Gasteiger partial charge in [0.2, 0.25) is 0 Å². The number of carbonyl (C=O) groups is 1. The van der Waals surface area contributed by atoms with Crippen molar-refractivity contribution in [3.8, 4) is 0 Å². The third-order valence-electron chi connectivity index (χ3n) is 11.1. The zero-order valence-electron chi connectivity index (χ0n) is 34.0. The van der Waals surface area contributed by atoms with Crippen molar-refractivity contribution < 1.29 is 9.53 Å². The van der Waals surface area contributed by atoms with Crippen LogP contribution in [0.3, 0.4) is 0 Å². The second-order valence-electron chi connectivity index (χ2n) is 15.6. The minimum Gasteiger partial charge on any atom is -0.465 e. The van der Waals surface area contributed by atoms with E-state index < -0.39 is 0 Å². The van der Waals surface area contributed by atoms with Gasteiger partial charge < -0.3 is 4.74 Å². The van der Waals surface area contributed by atoms with E-state index in [4.69, 9.17) is 4.74 Å². The molecule has 286 valence electrons. The van der Waals surface area contributed by atoms with Crippen molar-refractivity contribution in [2.24, 2.45) is 11.3 Å². The lowest BCUT2D eigenvalue weighted by Crippen LogP contribution is -2.41. The van der Waals surface area contributed by atoms with Crippen molar-refractivity contribution in [2.45, 2.75) is 259 Å². The van der Waals surface area contributed by atoms with Gasteiger partial charge >= 0.3 is 5.97 Å². The Bertz CT molecular complexity index is 651. The lowest BCUT2D eigenvalue weighted by molar-refractivity contribution is -0.162. The van der Waals surface area contributed by atoms with Crippen LogP contribution in [0.1, 0.15) is 259 Å². The molecule has 0 heterocycles. The molecule has 0 rings (SSSR count). The predicted octanol–water partition coefficient (Wildman–Crippen LogP) is 16.4. The highest BCUT2D eigenvalue weighted by Crippen LogP contribution is 2.46. The van der Waals surface area contributed by atoms with E-state index in [0.29, 0.717) is 12.5 Å². The van der Waals surface area contributed by atoms with Crippen LogP contribution in [0.2, 0.25) is 0 Å². The van der Waals surface area contributed by atoms with Crippen LogP contribution >= 0.6 is 0 Å². The molecule has 0 saturated carbocycles. The predicted molar refractivity (Wildman–Crippen MR) is 216 cm³/mol. The molecular formula is C46H90O2. The highest BCUT2D eigenvalue weighted by molar-refractivity contribution is 5.77. The summed E-state index contributed by atoms with van der Waals surface area (Å²) in [5.41, 5.74) is -0.274. The molecule has 1 unspecified atom stereocenters. The monoisotopic (exact) mass is 675 g/mol. The summed E-state index contributed by atoms with van der Waals surface area (Å²) in [6.45, 7) is 12.0. The second kappa shape index (κ2) is 37.5. The molecule has 0 bridgehead atoms.